The summed E-state index contributed by atoms with van der Waals surface area (Å²) in [6, 6.07) is 0. The van der Waals surface area contributed by atoms with Gasteiger partial charge in [0, 0.05) is 19.6 Å². The molecule has 0 radical (unpaired) electrons. The van der Waals surface area contributed by atoms with Gasteiger partial charge in [-0.2, -0.15) is 0 Å². The van der Waals surface area contributed by atoms with E-state index in [0.717, 1.165) is 42.1 Å². The fourth-order valence-corrected chi connectivity index (χ4v) is 8.01. The maximum absolute atomic E-state index is 12.2. The molecule has 0 spiro atoms. The fraction of sp³-hybridized carbons (Fsp3) is 0.955. The van der Waals surface area contributed by atoms with E-state index in [2.05, 4.69) is 6.92 Å². The van der Waals surface area contributed by atoms with Crippen molar-refractivity contribution in [3.63, 3.8) is 0 Å². The van der Waals surface area contributed by atoms with Gasteiger partial charge in [-0.15, -0.1) is 0 Å². The van der Waals surface area contributed by atoms with Gasteiger partial charge in [-0.3, -0.25) is 4.79 Å². The Kier molecular flexibility index (Phi) is 4.56. The van der Waals surface area contributed by atoms with Crippen LogP contribution in [0.4, 0.5) is 0 Å². The van der Waals surface area contributed by atoms with Crippen LogP contribution in [0.15, 0.2) is 0 Å². The van der Waals surface area contributed by atoms with Crippen LogP contribution < -0.4 is 0 Å². The molecule has 0 amide bonds. The van der Waals surface area contributed by atoms with Crippen molar-refractivity contribution < 1.29 is 9.53 Å². The number of rotatable bonds is 3. The van der Waals surface area contributed by atoms with E-state index in [0.29, 0.717) is 17.1 Å². The minimum Gasteiger partial charge on any atom is -0.384 e. The summed E-state index contributed by atoms with van der Waals surface area (Å²) in [5.41, 5.74) is 0.326. The molecule has 136 valence electrons. The van der Waals surface area contributed by atoms with Gasteiger partial charge < -0.3 is 4.74 Å². The average molecular weight is 333 g/mol. The van der Waals surface area contributed by atoms with E-state index in [1.165, 1.54) is 57.8 Å². The minimum atomic E-state index is 0.326. The second-order valence-electron chi connectivity index (χ2n) is 9.85. The first-order valence-electron chi connectivity index (χ1n) is 10.5. The molecular formula is C22H36O2. The van der Waals surface area contributed by atoms with Crippen LogP contribution in [-0.2, 0) is 9.53 Å². The number of Topliss-reactive ketones (excluding diaryl/α,β-unsaturated/α-hetero) is 1. The van der Waals surface area contributed by atoms with Crippen LogP contribution in [0.5, 0.6) is 0 Å². The number of hydrogen-bond donors (Lipinski definition) is 0. The topological polar surface area (TPSA) is 26.3 Å². The maximum Gasteiger partial charge on any atom is 0.133 e. The molecule has 0 aromatic heterocycles. The number of ether oxygens (including phenoxy) is 1. The summed E-state index contributed by atoms with van der Waals surface area (Å²) >= 11 is 0. The predicted octanol–water partition coefficient (Wildman–Crippen LogP) is 5.11. The summed E-state index contributed by atoms with van der Waals surface area (Å²) in [5.74, 6) is 6.32. The lowest BCUT2D eigenvalue weighted by atomic mass is 9.49. The molecule has 0 bridgehead atoms. The van der Waals surface area contributed by atoms with Crippen molar-refractivity contribution in [3.05, 3.63) is 0 Å². The van der Waals surface area contributed by atoms with E-state index in [9.17, 15) is 4.79 Å². The fourth-order valence-electron chi connectivity index (χ4n) is 8.01. The molecule has 4 saturated carbocycles. The number of methoxy groups -OCH3 is 1. The Morgan fingerprint density at radius 3 is 2.54 bits per heavy atom. The van der Waals surface area contributed by atoms with Gasteiger partial charge in [-0.25, -0.2) is 0 Å². The minimum absolute atomic E-state index is 0.326. The van der Waals surface area contributed by atoms with E-state index in [-0.39, 0.29) is 0 Å². The predicted molar refractivity (Wildman–Crippen MR) is 96.6 cm³/mol. The Bertz CT molecular complexity index is 486. The molecule has 2 heteroatoms. The molecule has 0 heterocycles. The van der Waals surface area contributed by atoms with Crippen molar-refractivity contribution in [1.82, 2.24) is 0 Å². The number of carbonyl (C=O) groups excluding carboxylic acids is 1. The number of carbonyl (C=O) groups is 1. The molecule has 8 atom stereocenters. The highest BCUT2D eigenvalue weighted by molar-refractivity contribution is 5.79. The van der Waals surface area contributed by atoms with E-state index < -0.39 is 0 Å². The number of hydrogen-bond acceptors (Lipinski definition) is 2. The summed E-state index contributed by atoms with van der Waals surface area (Å²) in [5, 5.41) is 0. The van der Waals surface area contributed by atoms with Gasteiger partial charge in [0.2, 0.25) is 0 Å². The monoisotopic (exact) mass is 332 g/mol. The third kappa shape index (κ3) is 2.59. The summed E-state index contributed by atoms with van der Waals surface area (Å²) < 4.78 is 5.44. The van der Waals surface area contributed by atoms with Crippen LogP contribution in [0, 0.1) is 46.8 Å². The molecule has 4 rings (SSSR count). The van der Waals surface area contributed by atoms with Crippen LogP contribution in [0.3, 0.4) is 0 Å². The van der Waals surface area contributed by atoms with Gasteiger partial charge in [0.25, 0.3) is 0 Å². The van der Waals surface area contributed by atoms with Crippen molar-refractivity contribution in [1.29, 1.82) is 0 Å². The van der Waals surface area contributed by atoms with Crippen LogP contribution in [0.1, 0.15) is 71.6 Å². The zero-order valence-electron chi connectivity index (χ0n) is 15.9. The van der Waals surface area contributed by atoms with E-state index >= 15 is 0 Å². The quantitative estimate of drug-likeness (QED) is 0.718. The van der Waals surface area contributed by atoms with Crippen LogP contribution >= 0.6 is 0 Å². The summed E-state index contributed by atoms with van der Waals surface area (Å²) in [6.45, 7) is 5.28. The van der Waals surface area contributed by atoms with Crippen molar-refractivity contribution in [2.24, 2.45) is 46.8 Å². The van der Waals surface area contributed by atoms with E-state index in [1.807, 2.05) is 14.0 Å². The molecule has 4 aliphatic carbocycles. The number of ketones is 1. The van der Waals surface area contributed by atoms with Crippen molar-refractivity contribution >= 4 is 5.78 Å². The Hall–Kier alpha value is -0.370. The highest BCUT2D eigenvalue weighted by Crippen LogP contribution is 2.64. The summed E-state index contributed by atoms with van der Waals surface area (Å²) in [4.78, 5) is 12.2. The second kappa shape index (κ2) is 6.41. The smallest absolute Gasteiger partial charge is 0.133 e. The maximum atomic E-state index is 12.2. The van der Waals surface area contributed by atoms with Crippen molar-refractivity contribution in [2.75, 3.05) is 13.7 Å². The second-order valence-corrected chi connectivity index (χ2v) is 9.85. The van der Waals surface area contributed by atoms with Gasteiger partial charge in [-0.1, -0.05) is 6.92 Å². The molecule has 4 aliphatic rings. The molecule has 0 aromatic rings. The first-order valence-corrected chi connectivity index (χ1v) is 10.5. The Balaban J connectivity index is 1.49. The van der Waals surface area contributed by atoms with Gasteiger partial charge in [-0.05, 0) is 106 Å². The zero-order chi connectivity index (χ0) is 16.9. The van der Waals surface area contributed by atoms with Crippen molar-refractivity contribution in [3.8, 4) is 0 Å². The first kappa shape index (κ1) is 17.1. The number of fused-ring (bicyclic) bond motifs is 5. The molecule has 0 aromatic carbocycles. The Labute approximate surface area is 148 Å². The van der Waals surface area contributed by atoms with E-state index in [4.69, 9.17) is 4.74 Å². The van der Waals surface area contributed by atoms with Crippen molar-refractivity contribution in [2.45, 2.75) is 71.6 Å². The van der Waals surface area contributed by atoms with Gasteiger partial charge >= 0.3 is 0 Å². The lowest BCUT2D eigenvalue weighted by molar-refractivity contribution is -0.128. The molecule has 0 saturated heterocycles. The standard InChI is InChI=1S/C22H36O2/c1-14(23)20-8-9-21-19-7-5-16-12-15(13-24-3)4-6-17(16)18(19)10-11-22(20,21)2/h15-21H,4-13H2,1-3H3. The van der Waals surface area contributed by atoms with E-state index in [1.54, 1.807) is 0 Å². The summed E-state index contributed by atoms with van der Waals surface area (Å²) in [6.07, 6.45) is 12.3. The molecule has 24 heavy (non-hydrogen) atoms. The third-order valence-corrected chi connectivity index (χ3v) is 8.96. The first-order chi connectivity index (χ1) is 11.5. The normalized spacial score (nSPS) is 50.7. The van der Waals surface area contributed by atoms with Gasteiger partial charge in [0.05, 0.1) is 0 Å². The SMILES string of the molecule is COCC1CCC2C(CCC3C2CCC2(C)C(C(C)=O)CCC32)C1. The van der Waals surface area contributed by atoms with Crippen LogP contribution in [-0.4, -0.2) is 19.5 Å². The van der Waals surface area contributed by atoms with Gasteiger partial charge in [0.15, 0.2) is 0 Å². The largest absolute Gasteiger partial charge is 0.384 e. The molecule has 4 fully saturated rings. The molecule has 0 aliphatic heterocycles. The summed E-state index contributed by atoms with van der Waals surface area (Å²) in [7, 11) is 1.86. The molecule has 0 N–H and O–H groups in total. The Morgan fingerprint density at radius 2 is 1.79 bits per heavy atom. The Morgan fingerprint density at radius 1 is 1.00 bits per heavy atom. The zero-order valence-corrected chi connectivity index (χ0v) is 15.9. The lowest BCUT2D eigenvalue weighted by Gasteiger charge is -2.56. The highest BCUT2D eigenvalue weighted by Gasteiger charge is 2.57. The third-order valence-electron chi connectivity index (χ3n) is 8.96. The highest BCUT2D eigenvalue weighted by atomic mass is 16.5. The van der Waals surface area contributed by atoms with Crippen LogP contribution in [0.25, 0.3) is 0 Å². The van der Waals surface area contributed by atoms with Crippen LogP contribution in [0.2, 0.25) is 0 Å². The van der Waals surface area contributed by atoms with Gasteiger partial charge in [0.1, 0.15) is 5.78 Å². The lowest BCUT2D eigenvalue weighted by Crippen LogP contribution is -2.49. The molecular weight excluding hydrogens is 296 g/mol. The average Bonchev–Trinajstić information content (AvgIpc) is 2.92. The molecule has 2 nitrogen and oxygen atoms in total. The molecule has 8 unspecified atom stereocenters.